The fraction of sp³-hybridized carbons (Fsp3) is 0.182. The summed E-state index contributed by atoms with van der Waals surface area (Å²) in [6.07, 6.45) is 3.72. The number of anilines is 1. The van der Waals surface area contributed by atoms with Gasteiger partial charge in [0.15, 0.2) is 0 Å². The monoisotopic (exact) mass is 255 g/mol. The normalized spacial score (nSPS) is 10.4. The topological polar surface area (TPSA) is 29.9 Å². The van der Waals surface area contributed by atoms with Gasteiger partial charge in [0, 0.05) is 18.3 Å². The van der Waals surface area contributed by atoms with Gasteiger partial charge in [0.1, 0.15) is 0 Å². The summed E-state index contributed by atoms with van der Waals surface area (Å²) in [4.78, 5) is 4.21. The van der Waals surface area contributed by atoms with Crippen LogP contribution < -0.4 is 5.32 Å². The van der Waals surface area contributed by atoms with Gasteiger partial charge in [-0.25, -0.2) is 4.98 Å². The average Bonchev–Trinajstić information content (AvgIpc) is 2.63. The molecule has 0 saturated carbocycles. The lowest BCUT2D eigenvalue weighted by Gasteiger charge is -2.06. The molecular weight excluding hydrogens is 245 g/mol. The highest BCUT2D eigenvalue weighted by Crippen LogP contribution is 2.25. The third kappa shape index (κ3) is 2.68. The molecule has 0 aliphatic rings. The molecule has 0 aliphatic heterocycles. The van der Waals surface area contributed by atoms with Gasteiger partial charge < -0.3 is 9.88 Å². The van der Waals surface area contributed by atoms with E-state index in [1.54, 1.807) is 18.5 Å². The number of imidazole rings is 1. The van der Waals surface area contributed by atoms with E-state index in [0.29, 0.717) is 16.6 Å². The van der Waals surface area contributed by atoms with E-state index in [-0.39, 0.29) is 0 Å². The first-order valence-electron chi connectivity index (χ1n) is 4.81. The van der Waals surface area contributed by atoms with Gasteiger partial charge in [-0.15, -0.1) is 0 Å². The summed E-state index contributed by atoms with van der Waals surface area (Å²) in [7, 11) is 1.94. The Morgan fingerprint density at radius 1 is 1.38 bits per heavy atom. The first-order chi connectivity index (χ1) is 7.65. The molecule has 0 spiro atoms. The molecule has 1 heterocycles. The van der Waals surface area contributed by atoms with Gasteiger partial charge in [-0.05, 0) is 18.2 Å². The molecule has 16 heavy (non-hydrogen) atoms. The van der Waals surface area contributed by atoms with Crippen molar-refractivity contribution in [2.45, 2.75) is 6.54 Å². The van der Waals surface area contributed by atoms with Crippen LogP contribution in [0, 0.1) is 0 Å². The molecule has 0 saturated heterocycles. The Morgan fingerprint density at radius 3 is 2.81 bits per heavy atom. The molecule has 0 bridgehead atoms. The van der Waals surface area contributed by atoms with E-state index in [9.17, 15) is 0 Å². The van der Waals surface area contributed by atoms with Crippen LogP contribution >= 0.6 is 23.2 Å². The number of nitrogens with zero attached hydrogens (tertiary/aromatic N) is 2. The fourth-order valence-electron chi connectivity index (χ4n) is 1.38. The predicted octanol–water partition coefficient (Wildman–Crippen LogP) is 3.34. The number of hydrogen-bond donors (Lipinski definition) is 1. The molecule has 0 radical (unpaired) electrons. The van der Waals surface area contributed by atoms with Gasteiger partial charge in [-0.1, -0.05) is 23.2 Å². The first-order valence-corrected chi connectivity index (χ1v) is 5.56. The van der Waals surface area contributed by atoms with Crippen LogP contribution in [0.25, 0.3) is 0 Å². The standard InChI is InChI=1S/C11H11Cl2N3/c1-16-6-9(15-7-16)5-14-11-3-2-8(12)4-10(11)13/h2-4,6-7,14H,5H2,1H3. The van der Waals surface area contributed by atoms with Crippen LogP contribution in [0.1, 0.15) is 5.69 Å². The maximum absolute atomic E-state index is 6.03. The molecule has 1 N–H and O–H groups in total. The molecule has 84 valence electrons. The van der Waals surface area contributed by atoms with Gasteiger partial charge in [-0.3, -0.25) is 0 Å². The molecule has 0 amide bonds. The highest BCUT2D eigenvalue weighted by Gasteiger charge is 2.01. The average molecular weight is 256 g/mol. The van der Waals surface area contributed by atoms with Crippen LogP contribution in [0.5, 0.6) is 0 Å². The second kappa shape index (κ2) is 4.76. The Morgan fingerprint density at radius 2 is 2.19 bits per heavy atom. The van der Waals surface area contributed by atoms with Crippen molar-refractivity contribution >= 4 is 28.9 Å². The van der Waals surface area contributed by atoms with Crippen molar-refractivity contribution in [1.82, 2.24) is 9.55 Å². The number of rotatable bonds is 3. The molecule has 3 nitrogen and oxygen atoms in total. The zero-order chi connectivity index (χ0) is 11.5. The molecule has 2 rings (SSSR count). The summed E-state index contributed by atoms with van der Waals surface area (Å²) < 4.78 is 1.90. The van der Waals surface area contributed by atoms with E-state index >= 15 is 0 Å². The van der Waals surface area contributed by atoms with Crippen LogP contribution in [-0.2, 0) is 13.6 Å². The Labute approximate surface area is 104 Å². The second-order valence-electron chi connectivity index (χ2n) is 3.51. The highest BCUT2D eigenvalue weighted by molar-refractivity contribution is 6.36. The summed E-state index contributed by atoms with van der Waals surface area (Å²) in [6, 6.07) is 5.37. The van der Waals surface area contributed by atoms with Crippen molar-refractivity contribution in [2.24, 2.45) is 7.05 Å². The zero-order valence-electron chi connectivity index (χ0n) is 8.74. The quantitative estimate of drug-likeness (QED) is 0.912. The number of aryl methyl sites for hydroxylation is 1. The van der Waals surface area contributed by atoms with Crippen molar-refractivity contribution < 1.29 is 0 Å². The summed E-state index contributed by atoms with van der Waals surface area (Å²) >= 11 is 11.8. The van der Waals surface area contributed by atoms with Crippen molar-refractivity contribution in [3.63, 3.8) is 0 Å². The minimum Gasteiger partial charge on any atom is -0.378 e. The number of benzene rings is 1. The molecule has 5 heteroatoms. The van der Waals surface area contributed by atoms with Crippen molar-refractivity contribution in [1.29, 1.82) is 0 Å². The Balaban J connectivity index is 2.04. The largest absolute Gasteiger partial charge is 0.378 e. The van der Waals surface area contributed by atoms with Crippen molar-refractivity contribution in [3.05, 3.63) is 46.5 Å². The van der Waals surface area contributed by atoms with Gasteiger partial charge in [0.2, 0.25) is 0 Å². The summed E-state index contributed by atoms with van der Waals surface area (Å²) in [5.41, 5.74) is 1.82. The van der Waals surface area contributed by atoms with E-state index in [1.807, 2.05) is 23.9 Å². The first kappa shape index (κ1) is 11.3. The number of halogens is 2. The smallest absolute Gasteiger partial charge is 0.0947 e. The number of hydrogen-bond acceptors (Lipinski definition) is 2. The van der Waals surface area contributed by atoms with Gasteiger partial charge in [-0.2, -0.15) is 0 Å². The van der Waals surface area contributed by atoms with Crippen molar-refractivity contribution in [3.8, 4) is 0 Å². The van der Waals surface area contributed by atoms with E-state index in [1.165, 1.54) is 0 Å². The molecule has 0 atom stereocenters. The molecule has 0 unspecified atom stereocenters. The Kier molecular flexibility index (Phi) is 3.36. The lowest BCUT2D eigenvalue weighted by atomic mass is 10.3. The summed E-state index contributed by atoms with van der Waals surface area (Å²) in [6.45, 7) is 0.641. The maximum atomic E-state index is 6.03. The fourth-order valence-corrected chi connectivity index (χ4v) is 1.85. The third-order valence-corrected chi connectivity index (χ3v) is 2.70. The van der Waals surface area contributed by atoms with Crippen LogP contribution in [0.4, 0.5) is 5.69 Å². The Bertz CT molecular complexity index is 494. The molecule has 1 aromatic heterocycles. The molecular formula is C11H11Cl2N3. The van der Waals surface area contributed by atoms with E-state index in [0.717, 1.165) is 11.4 Å². The predicted molar refractivity (Wildman–Crippen MR) is 67.0 cm³/mol. The Hall–Kier alpha value is -1.19. The van der Waals surface area contributed by atoms with E-state index in [4.69, 9.17) is 23.2 Å². The lowest BCUT2D eigenvalue weighted by molar-refractivity contribution is 0.912. The van der Waals surface area contributed by atoms with Crippen LogP contribution in [0.3, 0.4) is 0 Å². The molecule has 0 fully saturated rings. The zero-order valence-corrected chi connectivity index (χ0v) is 10.3. The molecule has 2 aromatic rings. The molecule has 0 aliphatic carbocycles. The SMILES string of the molecule is Cn1cnc(CNc2ccc(Cl)cc2Cl)c1. The van der Waals surface area contributed by atoms with Gasteiger partial charge >= 0.3 is 0 Å². The lowest BCUT2D eigenvalue weighted by Crippen LogP contribution is -2.00. The van der Waals surface area contributed by atoms with E-state index in [2.05, 4.69) is 10.3 Å². The van der Waals surface area contributed by atoms with E-state index < -0.39 is 0 Å². The summed E-state index contributed by atoms with van der Waals surface area (Å²) in [5, 5.41) is 4.45. The van der Waals surface area contributed by atoms with Crippen LogP contribution in [-0.4, -0.2) is 9.55 Å². The number of nitrogens with one attached hydrogen (secondary N) is 1. The molecule has 1 aromatic carbocycles. The third-order valence-electron chi connectivity index (χ3n) is 2.15. The maximum Gasteiger partial charge on any atom is 0.0947 e. The van der Waals surface area contributed by atoms with Gasteiger partial charge in [0.25, 0.3) is 0 Å². The van der Waals surface area contributed by atoms with Crippen LogP contribution in [0.2, 0.25) is 10.0 Å². The van der Waals surface area contributed by atoms with Crippen LogP contribution in [0.15, 0.2) is 30.7 Å². The summed E-state index contributed by atoms with van der Waals surface area (Å²) in [5.74, 6) is 0. The minimum atomic E-state index is 0.614. The second-order valence-corrected chi connectivity index (χ2v) is 4.35. The number of aromatic nitrogens is 2. The minimum absolute atomic E-state index is 0.614. The highest BCUT2D eigenvalue weighted by atomic mass is 35.5. The van der Waals surface area contributed by atoms with Crippen molar-refractivity contribution in [2.75, 3.05) is 5.32 Å². The van der Waals surface area contributed by atoms with Gasteiger partial charge in [0.05, 0.1) is 29.3 Å².